The molecule has 1 amide bonds. The van der Waals surface area contributed by atoms with Crippen LogP contribution in [0, 0.1) is 0 Å². The zero-order valence-electron chi connectivity index (χ0n) is 12.6. The Morgan fingerprint density at radius 1 is 1.36 bits per heavy atom. The third kappa shape index (κ3) is 4.38. The maximum atomic E-state index is 12.3. The first kappa shape index (κ1) is 16.6. The molecule has 0 saturated carbocycles. The second-order valence-corrected chi connectivity index (χ2v) is 6.40. The van der Waals surface area contributed by atoms with Gasteiger partial charge in [0.15, 0.2) is 0 Å². The molecule has 118 valence electrons. The second-order valence-electron chi connectivity index (χ2n) is 4.60. The highest BCUT2D eigenvalue weighted by Gasteiger charge is 2.16. The molecule has 0 fully saturated rings. The molecule has 0 saturated heterocycles. The second kappa shape index (κ2) is 8.05. The summed E-state index contributed by atoms with van der Waals surface area (Å²) >= 11 is 3.18. The Bertz CT molecular complexity index is 623. The highest BCUT2D eigenvalue weighted by atomic mass is 32.1. The summed E-state index contributed by atoms with van der Waals surface area (Å²) in [5, 5.41) is 4.87. The Morgan fingerprint density at radius 3 is 2.82 bits per heavy atom. The summed E-state index contributed by atoms with van der Waals surface area (Å²) in [7, 11) is 1.35. The van der Waals surface area contributed by atoms with Gasteiger partial charge in [-0.05, 0) is 18.4 Å². The van der Waals surface area contributed by atoms with E-state index in [4.69, 9.17) is 0 Å². The number of aromatic nitrogens is 1. The molecule has 0 aliphatic rings. The minimum Gasteiger partial charge on any atom is -0.469 e. The fraction of sp³-hybridized carbons (Fsp3) is 0.400. The van der Waals surface area contributed by atoms with Crippen LogP contribution in [-0.2, 0) is 20.7 Å². The van der Waals surface area contributed by atoms with E-state index in [9.17, 15) is 9.59 Å². The Morgan fingerprint density at radius 2 is 2.18 bits per heavy atom. The summed E-state index contributed by atoms with van der Waals surface area (Å²) in [6.45, 7) is 2.84. The van der Waals surface area contributed by atoms with Crippen molar-refractivity contribution in [3.8, 4) is 9.88 Å². The van der Waals surface area contributed by atoms with Crippen LogP contribution in [0.15, 0.2) is 22.9 Å². The molecule has 0 radical (unpaired) electrons. The van der Waals surface area contributed by atoms with E-state index in [1.807, 2.05) is 29.8 Å². The van der Waals surface area contributed by atoms with Crippen LogP contribution in [-0.4, -0.2) is 42.0 Å². The summed E-state index contributed by atoms with van der Waals surface area (Å²) in [6.07, 6.45) is 0.477. The minimum absolute atomic E-state index is 0.0190. The summed E-state index contributed by atoms with van der Waals surface area (Å²) in [5.74, 6) is -0.325. The van der Waals surface area contributed by atoms with Crippen molar-refractivity contribution < 1.29 is 14.3 Å². The number of rotatable bonds is 7. The first-order valence-electron chi connectivity index (χ1n) is 6.97. The molecule has 2 aromatic rings. The molecule has 0 atom stereocenters. The van der Waals surface area contributed by atoms with Gasteiger partial charge in [-0.25, -0.2) is 4.98 Å². The van der Waals surface area contributed by atoms with Gasteiger partial charge in [0.25, 0.3) is 0 Å². The standard InChI is InChI=1S/C15H18N2O3S2/c1-3-17(7-6-14(19)20-2)13(18)9-11-10-22-15(16-11)12-5-4-8-21-12/h4-5,8,10H,3,6-7,9H2,1-2H3. The van der Waals surface area contributed by atoms with Crippen LogP contribution in [0.5, 0.6) is 0 Å². The molecule has 2 rings (SSSR count). The summed E-state index contributed by atoms with van der Waals surface area (Å²) in [6, 6.07) is 4.00. The van der Waals surface area contributed by atoms with Gasteiger partial charge in [0.05, 0.1) is 30.5 Å². The van der Waals surface area contributed by atoms with E-state index in [1.54, 1.807) is 27.6 Å². The van der Waals surface area contributed by atoms with Gasteiger partial charge < -0.3 is 9.64 Å². The fourth-order valence-electron chi connectivity index (χ4n) is 1.96. The molecule has 0 unspecified atom stereocenters. The molecule has 0 aliphatic carbocycles. The van der Waals surface area contributed by atoms with E-state index in [-0.39, 0.29) is 24.7 Å². The van der Waals surface area contributed by atoms with Crippen LogP contribution in [0.25, 0.3) is 9.88 Å². The van der Waals surface area contributed by atoms with Gasteiger partial charge in [-0.2, -0.15) is 0 Å². The predicted octanol–water partition coefficient (Wildman–Crippen LogP) is 2.83. The highest BCUT2D eigenvalue weighted by molar-refractivity contribution is 7.20. The van der Waals surface area contributed by atoms with Gasteiger partial charge in [-0.15, -0.1) is 22.7 Å². The van der Waals surface area contributed by atoms with Gasteiger partial charge in [-0.1, -0.05) is 6.07 Å². The first-order valence-corrected chi connectivity index (χ1v) is 8.72. The molecule has 2 heterocycles. The van der Waals surface area contributed by atoms with Crippen LogP contribution in [0.1, 0.15) is 19.0 Å². The quantitative estimate of drug-likeness (QED) is 0.729. The third-order valence-corrected chi connectivity index (χ3v) is 5.09. The molecule has 0 bridgehead atoms. The van der Waals surface area contributed by atoms with Crippen molar-refractivity contribution in [2.75, 3.05) is 20.2 Å². The zero-order chi connectivity index (χ0) is 15.9. The molecule has 0 aliphatic heterocycles. The van der Waals surface area contributed by atoms with Crippen LogP contribution >= 0.6 is 22.7 Å². The fourth-order valence-corrected chi connectivity index (χ4v) is 3.59. The van der Waals surface area contributed by atoms with E-state index in [0.29, 0.717) is 13.1 Å². The topological polar surface area (TPSA) is 59.5 Å². The molecular formula is C15H18N2O3S2. The van der Waals surface area contributed by atoms with Gasteiger partial charge in [-0.3, -0.25) is 9.59 Å². The number of likely N-dealkylation sites (N-methyl/N-ethyl adjacent to an activating group) is 1. The lowest BCUT2D eigenvalue weighted by molar-refractivity contribution is -0.141. The minimum atomic E-state index is -0.306. The molecule has 7 heteroatoms. The summed E-state index contributed by atoms with van der Waals surface area (Å²) in [4.78, 5) is 30.7. The predicted molar refractivity (Wildman–Crippen MR) is 88.0 cm³/mol. The molecule has 0 aromatic carbocycles. The Labute approximate surface area is 137 Å². The number of hydrogen-bond acceptors (Lipinski definition) is 6. The van der Waals surface area contributed by atoms with Crippen LogP contribution in [0.3, 0.4) is 0 Å². The Hall–Kier alpha value is -1.73. The number of esters is 1. The number of carbonyl (C=O) groups excluding carboxylic acids is 2. The lowest BCUT2D eigenvalue weighted by Gasteiger charge is -2.19. The van der Waals surface area contributed by atoms with E-state index in [0.717, 1.165) is 15.6 Å². The Balaban J connectivity index is 1.94. The van der Waals surface area contributed by atoms with Crippen molar-refractivity contribution in [1.82, 2.24) is 9.88 Å². The van der Waals surface area contributed by atoms with Crippen LogP contribution in [0.4, 0.5) is 0 Å². The molecule has 2 aromatic heterocycles. The number of hydrogen-bond donors (Lipinski definition) is 0. The van der Waals surface area contributed by atoms with Crippen molar-refractivity contribution in [2.45, 2.75) is 19.8 Å². The monoisotopic (exact) mass is 338 g/mol. The van der Waals surface area contributed by atoms with Gasteiger partial charge >= 0.3 is 5.97 Å². The average Bonchev–Trinajstić information content (AvgIpc) is 3.18. The van der Waals surface area contributed by atoms with Crippen LogP contribution in [0.2, 0.25) is 0 Å². The summed E-state index contributed by atoms with van der Waals surface area (Å²) < 4.78 is 4.60. The molecule has 22 heavy (non-hydrogen) atoms. The van der Waals surface area contributed by atoms with E-state index >= 15 is 0 Å². The SMILES string of the molecule is CCN(CCC(=O)OC)C(=O)Cc1csc(-c2cccs2)n1. The average molecular weight is 338 g/mol. The Kier molecular flexibility index (Phi) is 6.09. The van der Waals surface area contributed by atoms with Crippen molar-refractivity contribution in [1.29, 1.82) is 0 Å². The zero-order valence-corrected chi connectivity index (χ0v) is 14.2. The maximum absolute atomic E-state index is 12.3. The smallest absolute Gasteiger partial charge is 0.307 e. The normalized spacial score (nSPS) is 10.5. The number of thiazole rings is 1. The lowest BCUT2D eigenvalue weighted by atomic mass is 10.2. The largest absolute Gasteiger partial charge is 0.469 e. The molecule has 0 N–H and O–H groups in total. The van der Waals surface area contributed by atoms with E-state index < -0.39 is 0 Å². The number of amides is 1. The summed E-state index contributed by atoms with van der Waals surface area (Å²) in [5.41, 5.74) is 0.773. The van der Waals surface area contributed by atoms with Gasteiger partial charge in [0.2, 0.25) is 5.91 Å². The van der Waals surface area contributed by atoms with Crippen molar-refractivity contribution >= 4 is 34.6 Å². The lowest BCUT2D eigenvalue weighted by Crippen LogP contribution is -2.34. The maximum Gasteiger partial charge on any atom is 0.307 e. The number of nitrogens with zero attached hydrogens (tertiary/aromatic N) is 2. The molecule has 5 nitrogen and oxygen atoms in total. The van der Waals surface area contributed by atoms with Gasteiger partial charge in [0.1, 0.15) is 5.01 Å². The van der Waals surface area contributed by atoms with E-state index in [1.165, 1.54) is 7.11 Å². The number of carbonyl (C=O) groups is 2. The van der Waals surface area contributed by atoms with Gasteiger partial charge in [0, 0.05) is 18.5 Å². The number of thiophene rings is 1. The van der Waals surface area contributed by atoms with E-state index in [2.05, 4.69) is 9.72 Å². The third-order valence-electron chi connectivity index (χ3n) is 3.16. The van der Waals surface area contributed by atoms with Crippen molar-refractivity contribution in [3.63, 3.8) is 0 Å². The molecular weight excluding hydrogens is 320 g/mol. The molecule has 0 spiro atoms. The van der Waals surface area contributed by atoms with Crippen molar-refractivity contribution in [3.05, 3.63) is 28.6 Å². The van der Waals surface area contributed by atoms with Crippen molar-refractivity contribution in [2.24, 2.45) is 0 Å². The first-order chi connectivity index (χ1) is 10.6. The van der Waals surface area contributed by atoms with Crippen LogP contribution < -0.4 is 0 Å². The number of methoxy groups -OCH3 is 1. The number of ether oxygens (including phenoxy) is 1. The highest BCUT2D eigenvalue weighted by Crippen LogP contribution is 2.27.